The molecular weight excluding hydrogens is 515 g/mol. The molecule has 1 saturated carbocycles. The van der Waals surface area contributed by atoms with Crippen LogP contribution in [0.4, 0.5) is 4.39 Å². The summed E-state index contributed by atoms with van der Waals surface area (Å²) in [7, 11) is 0. The first kappa shape index (κ1) is 27.5. The van der Waals surface area contributed by atoms with Crippen molar-refractivity contribution in [3.63, 3.8) is 0 Å². The number of hydrogen-bond donors (Lipinski definition) is 4. The Balaban J connectivity index is 1.46. The van der Waals surface area contributed by atoms with Crippen molar-refractivity contribution in [1.29, 1.82) is 0 Å². The van der Waals surface area contributed by atoms with Gasteiger partial charge in [-0.1, -0.05) is 24.3 Å². The molecule has 0 radical (unpaired) electrons. The maximum Gasteiger partial charge on any atom is 0.258 e. The molecule has 2 aromatic rings. The Morgan fingerprint density at radius 1 is 1.24 bits per heavy atom. The predicted molar refractivity (Wildman–Crippen MR) is 143 cm³/mol. The first-order valence-corrected chi connectivity index (χ1v) is 13.6. The van der Waals surface area contributed by atoms with Crippen LogP contribution in [-0.2, 0) is 14.4 Å². The Morgan fingerprint density at radius 3 is 2.43 bits per heavy atom. The van der Waals surface area contributed by atoms with Gasteiger partial charge in [0.25, 0.3) is 5.91 Å². The molecule has 1 aromatic heterocycles. The molecular formula is C26H33FN4O4S2. The Bertz CT molecular complexity index is 1180. The summed E-state index contributed by atoms with van der Waals surface area (Å²) in [5, 5.41) is 15.8. The number of alkyl halides is 1. The quantitative estimate of drug-likeness (QED) is 0.379. The van der Waals surface area contributed by atoms with Gasteiger partial charge in [-0.2, -0.15) is 12.6 Å². The number of benzene rings is 1. The number of amides is 3. The van der Waals surface area contributed by atoms with Gasteiger partial charge in [-0.25, -0.2) is 9.37 Å². The predicted octanol–water partition coefficient (Wildman–Crippen LogP) is 2.95. The van der Waals surface area contributed by atoms with Crippen molar-refractivity contribution in [2.24, 2.45) is 0 Å². The van der Waals surface area contributed by atoms with Gasteiger partial charge < -0.3 is 20.6 Å². The zero-order valence-electron chi connectivity index (χ0n) is 21.3. The molecule has 1 aliphatic carbocycles. The molecule has 2 heterocycles. The van der Waals surface area contributed by atoms with Crippen LogP contribution in [0.5, 0.6) is 0 Å². The molecule has 4 rings (SSSR count). The molecule has 11 heteroatoms. The minimum absolute atomic E-state index is 0.0641. The Hall–Kier alpha value is -2.50. The highest BCUT2D eigenvalue weighted by molar-refractivity contribution is 7.81. The monoisotopic (exact) mass is 548 g/mol. The van der Waals surface area contributed by atoms with Gasteiger partial charge >= 0.3 is 0 Å². The number of aliphatic hydroxyl groups is 1. The van der Waals surface area contributed by atoms with Crippen LogP contribution in [0.3, 0.4) is 0 Å². The van der Waals surface area contributed by atoms with Gasteiger partial charge in [-0.15, -0.1) is 11.3 Å². The zero-order valence-corrected chi connectivity index (χ0v) is 23.0. The lowest BCUT2D eigenvalue weighted by Crippen LogP contribution is -2.60. The summed E-state index contributed by atoms with van der Waals surface area (Å²) in [6, 6.07) is 5.38. The fraction of sp³-hybridized carbons (Fsp3) is 0.538. The van der Waals surface area contributed by atoms with E-state index in [1.165, 1.54) is 4.90 Å². The number of thiazole rings is 1. The third-order valence-corrected chi connectivity index (χ3v) is 8.20. The number of likely N-dealkylation sites (tertiary alicyclic amines) is 1. The molecule has 37 heavy (non-hydrogen) atoms. The van der Waals surface area contributed by atoms with E-state index < -0.39 is 46.3 Å². The van der Waals surface area contributed by atoms with E-state index in [9.17, 15) is 23.9 Å². The number of hydrogen-bond acceptors (Lipinski definition) is 7. The van der Waals surface area contributed by atoms with Gasteiger partial charge in [0.1, 0.15) is 12.1 Å². The summed E-state index contributed by atoms with van der Waals surface area (Å²) >= 11 is 6.03. The highest BCUT2D eigenvalue weighted by Gasteiger charge is 2.53. The van der Waals surface area contributed by atoms with Crippen LogP contribution in [0.1, 0.15) is 57.3 Å². The molecule has 1 saturated heterocycles. The van der Waals surface area contributed by atoms with Gasteiger partial charge in [0.2, 0.25) is 11.8 Å². The summed E-state index contributed by atoms with van der Waals surface area (Å²) in [6.45, 7) is 7.01. The maximum atomic E-state index is 14.3. The van der Waals surface area contributed by atoms with Crippen molar-refractivity contribution in [2.45, 2.75) is 81.6 Å². The zero-order chi connectivity index (χ0) is 27.1. The number of nitrogens with zero attached hydrogens (tertiary/aromatic N) is 2. The smallest absolute Gasteiger partial charge is 0.258 e. The molecule has 2 aliphatic rings. The number of halogens is 1. The van der Waals surface area contributed by atoms with Crippen LogP contribution in [0.25, 0.3) is 10.4 Å². The van der Waals surface area contributed by atoms with Gasteiger partial charge in [0, 0.05) is 17.7 Å². The molecule has 0 unspecified atom stereocenters. The standard InChI is InChI=1S/C26H33FN4O4S2/c1-14(16-5-7-17(8-6-16)20-15(2)28-13-37-20)29-22(33)19-11-18(32)12-31(19)23(34)21(25(3,4)36)30-24(35)26(27)9-10-26/h5-8,13-14,18-19,21,32,36H,9-12H2,1-4H3,(H,29,33)(H,30,35)/t14-,18-,19+,21-/m1/s1. The number of aryl methyl sites for hydroxylation is 1. The van der Waals surface area contributed by atoms with Gasteiger partial charge in [0.05, 0.1) is 28.2 Å². The van der Waals surface area contributed by atoms with E-state index in [2.05, 4.69) is 28.2 Å². The van der Waals surface area contributed by atoms with E-state index in [0.717, 1.165) is 21.7 Å². The van der Waals surface area contributed by atoms with Crippen LogP contribution in [0.2, 0.25) is 0 Å². The molecule has 2 fully saturated rings. The molecule has 0 spiro atoms. The minimum Gasteiger partial charge on any atom is -0.391 e. The van der Waals surface area contributed by atoms with Crippen LogP contribution >= 0.6 is 24.0 Å². The molecule has 3 N–H and O–H groups in total. The second-order valence-electron chi connectivity index (χ2n) is 10.5. The van der Waals surface area contributed by atoms with Crippen molar-refractivity contribution in [2.75, 3.05) is 6.54 Å². The van der Waals surface area contributed by atoms with Crippen LogP contribution in [0.15, 0.2) is 29.8 Å². The highest BCUT2D eigenvalue weighted by Crippen LogP contribution is 2.40. The van der Waals surface area contributed by atoms with Gasteiger partial charge in [-0.05, 0) is 51.7 Å². The first-order chi connectivity index (χ1) is 17.3. The van der Waals surface area contributed by atoms with E-state index in [-0.39, 0.29) is 31.8 Å². The van der Waals surface area contributed by atoms with Crippen molar-refractivity contribution < 1.29 is 23.9 Å². The number of thiol groups is 1. The number of nitrogens with one attached hydrogen (secondary N) is 2. The second kappa shape index (κ2) is 10.3. The molecule has 1 aromatic carbocycles. The van der Waals surface area contributed by atoms with Crippen LogP contribution in [0, 0.1) is 6.92 Å². The molecule has 8 nitrogen and oxygen atoms in total. The molecule has 1 aliphatic heterocycles. The van der Waals surface area contributed by atoms with E-state index in [0.29, 0.717) is 0 Å². The van der Waals surface area contributed by atoms with Crippen molar-refractivity contribution in [3.8, 4) is 10.4 Å². The van der Waals surface area contributed by atoms with E-state index in [1.54, 1.807) is 30.7 Å². The number of rotatable bonds is 8. The number of aliphatic hydroxyl groups excluding tert-OH is 1. The number of carbonyl (C=O) groups excluding carboxylic acids is 3. The SMILES string of the molecule is Cc1ncsc1-c1ccc([C@@H](C)NC(=O)[C@@H]2C[C@@H](O)CN2C(=O)[C@@H](NC(=O)C2(F)CC2)C(C)(C)S)cc1. The molecule has 3 amide bonds. The van der Waals surface area contributed by atoms with Gasteiger partial charge in [0.15, 0.2) is 5.67 Å². The summed E-state index contributed by atoms with van der Waals surface area (Å²) in [5.74, 6) is -1.84. The number of β-amino-alcohol motifs (C(OH)–C–C–N with tert-alkyl or cyclic N) is 1. The van der Waals surface area contributed by atoms with Crippen molar-refractivity contribution >= 4 is 41.7 Å². The Morgan fingerprint density at radius 2 is 1.89 bits per heavy atom. The average molecular weight is 549 g/mol. The molecule has 200 valence electrons. The third kappa shape index (κ3) is 5.99. The summed E-state index contributed by atoms with van der Waals surface area (Å²) < 4.78 is 13.3. The summed E-state index contributed by atoms with van der Waals surface area (Å²) in [5.41, 5.74) is 2.73. The first-order valence-electron chi connectivity index (χ1n) is 12.3. The van der Waals surface area contributed by atoms with Crippen molar-refractivity contribution in [1.82, 2.24) is 20.5 Å². The highest BCUT2D eigenvalue weighted by atomic mass is 32.1. The largest absolute Gasteiger partial charge is 0.391 e. The lowest BCUT2D eigenvalue weighted by Gasteiger charge is -2.35. The fourth-order valence-corrected chi connectivity index (χ4v) is 5.49. The topological polar surface area (TPSA) is 112 Å². The van der Waals surface area contributed by atoms with E-state index >= 15 is 0 Å². The molecule has 0 bridgehead atoms. The minimum atomic E-state index is -1.96. The van der Waals surface area contributed by atoms with Crippen LogP contribution in [-0.4, -0.2) is 67.9 Å². The van der Waals surface area contributed by atoms with Crippen LogP contribution < -0.4 is 10.6 Å². The number of aromatic nitrogens is 1. The van der Waals surface area contributed by atoms with E-state index in [4.69, 9.17) is 0 Å². The normalized spacial score (nSPS) is 22.3. The number of carbonyl (C=O) groups is 3. The van der Waals surface area contributed by atoms with Gasteiger partial charge in [-0.3, -0.25) is 14.4 Å². The maximum absolute atomic E-state index is 14.3. The Labute approximate surface area is 225 Å². The fourth-order valence-electron chi connectivity index (χ4n) is 4.50. The average Bonchev–Trinajstić information content (AvgIpc) is 3.25. The summed E-state index contributed by atoms with van der Waals surface area (Å²) in [4.78, 5) is 45.8. The third-order valence-electron chi connectivity index (χ3n) is 6.97. The van der Waals surface area contributed by atoms with E-state index in [1.807, 2.05) is 38.1 Å². The second-order valence-corrected chi connectivity index (χ2v) is 12.5. The molecule has 4 atom stereocenters. The lowest BCUT2D eigenvalue weighted by molar-refractivity contribution is -0.143. The Kier molecular flexibility index (Phi) is 7.69. The lowest BCUT2D eigenvalue weighted by atomic mass is 10.00. The summed E-state index contributed by atoms with van der Waals surface area (Å²) in [6.07, 6.45) is -0.604. The van der Waals surface area contributed by atoms with Crippen molar-refractivity contribution in [3.05, 3.63) is 41.0 Å².